The zero-order chi connectivity index (χ0) is 28.1. The number of fused-ring (bicyclic) bond motifs is 1. The number of nitrogens with zero attached hydrogens (tertiary/aromatic N) is 1. The molecule has 4 heterocycles. The van der Waals surface area contributed by atoms with Gasteiger partial charge in [-0.25, -0.2) is 9.78 Å². The van der Waals surface area contributed by atoms with Gasteiger partial charge in [-0.3, -0.25) is 4.79 Å². The number of benzene rings is 1. The van der Waals surface area contributed by atoms with Crippen molar-refractivity contribution < 1.29 is 28.6 Å². The Kier molecular flexibility index (Phi) is 7.65. The minimum absolute atomic E-state index is 0.0182. The molecule has 0 bridgehead atoms. The SMILES string of the molecule is CNc1ccc2oc(C[C@H]3O[C@@]4(CC[C@H]3C)O[C@H]([C@H](C)C(=O)c3cc(Br)c[nH]3)[C@H](C)C[C@H]4C)nc2c1C(=O)O. The molecule has 5 rings (SSSR count). The second-order valence-electron chi connectivity index (χ2n) is 11.3. The molecule has 0 saturated carbocycles. The Labute approximate surface area is 236 Å². The lowest BCUT2D eigenvalue weighted by molar-refractivity contribution is -0.355. The van der Waals surface area contributed by atoms with Crippen LogP contribution in [-0.2, 0) is 15.9 Å². The van der Waals surface area contributed by atoms with E-state index in [9.17, 15) is 14.7 Å². The average molecular weight is 603 g/mol. The number of nitrogens with one attached hydrogen (secondary N) is 2. The summed E-state index contributed by atoms with van der Waals surface area (Å²) in [4.78, 5) is 32.8. The minimum Gasteiger partial charge on any atom is -0.478 e. The van der Waals surface area contributed by atoms with Crippen molar-refractivity contribution >= 4 is 44.5 Å². The van der Waals surface area contributed by atoms with Gasteiger partial charge in [0, 0.05) is 36.0 Å². The molecule has 2 saturated heterocycles. The van der Waals surface area contributed by atoms with Crippen molar-refractivity contribution in [3.63, 3.8) is 0 Å². The molecule has 39 heavy (non-hydrogen) atoms. The second kappa shape index (κ2) is 10.7. The van der Waals surface area contributed by atoms with Crippen LogP contribution in [0.15, 0.2) is 33.3 Å². The maximum absolute atomic E-state index is 13.3. The fraction of sp³-hybridized carbons (Fsp3) is 0.552. The number of ketones is 1. The molecule has 2 aliphatic heterocycles. The number of carboxylic acids is 1. The van der Waals surface area contributed by atoms with Crippen molar-refractivity contribution in [2.45, 2.75) is 71.4 Å². The summed E-state index contributed by atoms with van der Waals surface area (Å²) in [6, 6.07) is 5.22. The summed E-state index contributed by atoms with van der Waals surface area (Å²) in [5, 5.41) is 12.7. The number of H-pyrrole nitrogens is 1. The van der Waals surface area contributed by atoms with Crippen LogP contribution in [0.2, 0.25) is 0 Å². The summed E-state index contributed by atoms with van der Waals surface area (Å²) >= 11 is 3.41. The van der Waals surface area contributed by atoms with E-state index in [-0.39, 0.29) is 47.2 Å². The van der Waals surface area contributed by atoms with Gasteiger partial charge in [0.1, 0.15) is 11.1 Å². The molecule has 0 unspecified atom stereocenters. The predicted octanol–water partition coefficient (Wildman–Crippen LogP) is 6.29. The zero-order valence-electron chi connectivity index (χ0n) is 22.9. The van der Waals surface area contributed by atoms with Gasteiger partial charge >= 0.3 is 5.97 Å². The van der Waals surface area contributed by atoms with Gasteiger partial charge in [0.15, 0.2) is 23.0 Å². The summed E-state index contributed by atoms with van der Waals surface area (Å²) in [6.45, 7) is 8.38. The lowest BCUT2D eigenvalue weighted by atomic mass is 9.75. The predicted molar refractivity (Wildman–Crippen MR) is 150 cm³/mol. The number of hydrogen-bond donors (Lipinski definition) is 3. The molecular formula is C29H36BrN3O6. The Balaban J connectivity index is 1.38. The van der Waals surface area contributed by atoms with E-state index in [4.69, 9.17) is 13.9 Å². The number of carbonyl (C=O) groups excluding carboxylic acids is 1. The van der Waals surface area contributed by atoms with E-state index in [0.717, 1.165) is 23.7 Å². The summed E-state index contributed by atoms with van der Waals surface area (Å²) in [5.74, 6) is -1.21. The van der Waals surface area contributed by atoms with E-state index < -0.39 is 11.8 Å². The molecule has 2 aromatic heterocycles. The first kappa shape index (κ1) is 27.9. The molecule has 0 amide bonds. The molecule has 210 valence electrons. The molecular weight excluding hydrogens is 566 g/mol. The lowest BCUT2D eigenvalue weighted by Crippen LogP contribution is -2.58. The number of Topliss-reactive ketones (excluding diaryl/α,β-unsaturated/α-hetero) is 1. The smallest absolute Gasteiger partial charge is 0.340 e. The van der Waals surface area contributed by atoms with Gasteiger partial charge in [0.05, 0.1) is 30.0 Å². The van der Waals surface area contributed by atoms with Gasteiger partial charge in [-0.2, -0.15) is 0 Å². The first-order valence-corrected chi connectivity index (χ1v) is 14.4. The number of aromatic carboxylic acids is 1. The van der Waals surface area contributed by atoms with E-state index in [1.807, 2.05) is 6.92 Å². The number of aromatic nitrogens is 2. The maximum Gasteiger partial charge on any atom is 0.340 e. The van der Waals surface area contributed by atoms with Crippen molar-refractivity contribution in [3.05, 3.63) is 46.0 Å². The molecule has 10 heteroatoms. The normalized spacial score (nSPS) is 29.9. The Morgan fingerprint density at radius 1 is 1.26 bits per heavy atom. The number of rotatable bonds is 7. The van der Waals surface area contributed by atoms with Crippen molar-refractivity contribution in [3.8, 4) is 0 Å². The molecule has 3 N–H and O–H groups in total. The fourth-order valence-corrected chi connectivity index (χ4v) is 6.64. The summed E-state index contributed by atoms with van der Waals surface area (Å²) in [7, 11) is 1.68. The number of carboxylic acid groups (broad SMARTS) is 1. The first-order chi connectivity index (χ1) is 18.5. The van der Waals surface area contributed by atoms with Crippen LogP contribution in [0.4, 0.5) is 5.69 Å². The molecule has 1 aromatic carbocycles. The monoisotopic (exact) mass is 601 g/mol. The molecule has 7 atom stereocenters. The van der Waals surface area contributed by atoms with Gasteiger partial charge in [-0.1, -0.05) is 27.7 Å². The van der Waals surface area contributed by atoms with Crippen molar-refractivity contribution in [1.29, 1.82) is 0 Å². The van der Waals surface area contributed by atoms with Crippen LogP contribution in [0.5, 0.6) is 0 Å². The van der Waals surface area contributed by atoms with E-state index in [0.29, 0.717) is 34.8 Å². The van der Waals surface area contributed by atoms with Crippen LogP contribution in [0.25, 0.3) is 11.1 Å². The zero-order valence-corrected chi connectivity index (χ0v) is 24.5. The average Bonchev–Trinajstić information content (AvgIpc) is 3.52. The van der Waals surface area contributed by atoms with Crippen molar-refractivity contribution in [1.82, 2.24) is 9.97 Å². The Bertz CT molecular complexity index is 1380. The number of hydrogen-bond acceptors (Lipinski definition) is 7. The van der Waals surface area contributed by atoms with Crippen LogP contribution in [0.1, 0.15) is 73.7 Å². The largest absolute Gasteiger partial charge is 0.478 e. The molecule has 1 spiro atoms. The van der Waals surface area contributed by atoms with Gasteiger partial charge in [-0.05, 0) is 58.8 Å². The third kappa shape index (κ3) is 5.14. The second-order valence-corrected chi connectivity index (χ2v) is 12.2. The van der Waals surface area contributed by atoms with Crippen molar-refractivity contribution in [2.24, 2.45) is 23.7 Å². The lowest BCUT2D eigenvalue weighted by Gasteiger charge is -2.53. The quantitative estimate of drug-likeness (QED) is 0.269. The van der Waals surface area contributed by atoms with Crippen LogP contribution in [0, 0.1) is 23.7 Å². The molecule has 0 aliphatic carbocycles. The molecule has 2 fully saturated rings. The Morgan fingerprint density at radius 3 is 2.69 bits per heavy atom. The van der Waals surface area contributed by atoms with Gasteiger partial charge in [0.25, 0.3) is 0 Å². The first-order valence-electron chi connectivity index (χ1n) is 13.6. The standard InChI is InChI=1S/C29H36BrN3O6/c1-14-8-9-29(16(3)10-15(2)27(39-29)17(4)26(34)20-11-18(30)13-32-20)38-22(14)12-23-33-25-21(37-23)7-6-19(31-5)24(25)28(35)36/h6-7,11,13-17,22,27,31-32H,8-10,12H2,1-5H3,(H,35,36)/t14-,15-,16-,17-,22-,27+,29+/m1/s1. The van der Waals surface area contributed by atoms with Gasteiger partial charge in [0.2, 0.25) is 0 Å². The number of ether oxygens (including phenoxy) is 2. The van der Waals surface area contributed by atoms with Crippen LogP contribution < -0.4 is 5.32 Å². The third-order valence-corrected chi connectivity index (χ3v) is 9.05. The molecule has 3 aromatic rings. The number of oxazole rings is 1. The highest BCUT2D eigenvalue weighted by Gasteiger charge is 2.52. The van der Waals surface area contributed by atoms with E-state index in [1.54, 1.807) is 31.4 Å². The highest BCUT2D eigenvalue weighted by molar-refractivity contribution is 9.10. The third-order valence-electron chi connectivity index (χ3n) is 8.59. The summed E-state index contributed by atoms with van der Waals surface area (Å²) < 4.78 is 20.4. The fourth-order valence-electron chi connectivity index (χ4n) is 6.30. The summed E-state index contributed by atoms with van der Waals surface area (Å²) in [6.07, 6.45) is 4.16. The van der Waals surface area contributed by atoms with Crippen molar-refractivity contribution in [2.75, 3.05) is 12.4 Å². The topological polar surface area (TPSA) is 127 Å². The van der Waals surface area contributed by atoms with E-state index in [1.165, 1.54) is 0 Å². The maximum atomic E-state index is 13.3. The Morgan fingerprint density at radius 2 is 2.03 bits per heavy atom. The number of carbonyl (C=O) groups is 2. The van der Waals surface area contributed by atoms with Crippen LogP contribution in [-0.4, -0.2) is 51.9 Å². The summed E-state index contributed by atoms with van der Waals surface area (Å²) in [5.41, 5.74) is 1.89. The number of halogens is 1. The van der Waals surface area contributed by atoms with Gasteiger partial charge in [-0.15, -0.1) is 0 Å². The number of aromatic amines is 1. The molecule has 0 radical (unpaired) electrons. The number of anilines is 1. The van der Waals surface area contributed by atoms with Gasteiger partial charge < -0.3 is 29.3 Å². The highest BCUT2D eigenvalue weighted by atomic mass is 79.9. The van der Waals surface area contributed by atoms with Crippen LogP contribution in [0.3, 0.4) is 0 Å². The van der Waals surface area contributed by atoms with Crippen LogP contribution >= 0.6 is 15.9 Å². The molecule has 2 aliphatic rings. The Hall–Kier alpha value is -2.69. The van der Waals surface area contributed by atoms with E-state index >= 15 is 0 Å². The minimum atomic E-state index is -1.06. The highest BCUT2D eigenvalue weighted by Crippen LogP contribution is 2.48. The van der Waals surface area contributed by atoms with E-state index in [2.05, 4.69) is 52.0 Å². The molecule has 9 nitrogen and oxygen atoms in total.